The van der Waals surface area contributed by atoms with Crippen molar-refractivity contribution in [2.75, 3.05) is 64.4 Å². The summed E-state index contributed by atoms with van der Waals surface area (Å²) in [7, 11) is 0. The number of anilines is 1. The zero-order valence-electron chi connectivity index (χ0n) is 24.7. The Labute approximate surface area is 257 Å². The van der Waals surface area contributed by atoms with Crippen molar-refractivity contribution in [3.05, 3.63) is 90.6 Å². The van der Waals surface area contributed by atoms with Crippen LogP contribution in [0.5, 0.6) is 23.0 Å². The lowest BCUT2D eigenvalue weighted by atomic mass is 9.98. The third-order valence-corrected chi connectivity index (χ3v) is 6.98. The predicted molar refractivity (Wildman–Crippen MR) is 162 cm³/mol. The minimum Gasteiger partial charge on any atom is -0.487 e. The van der Waals surface area contributed by atoms with Crippen molar-refractivity contribution in [2.24, 2.45) is 5.92 Å². The van der Waals surface area contributed by atoms with Crippen molar-refractivity contribution in [1.82, 2.24) is 0 Å². The lowest BCUT2D eigenvalue weighted by Crippen LogP contribution is -2.36. The first kappa shape index (κ1) is 31.1. The Morgan fingerprint density at radius 2 is 1.18 bits per heavy atom. The number of Topliss-reactive ketones (excluding diaryl/α,β-unsaturated/α-hetero) is 1. The summed E-state index contributed by atoms with van der Waals surface area (Å²) in [4.78, 5) is 28.1. The minimum absolute atomic E-state index is 0.0601. The molecule has 2 aliphatic heterocycles. The molecule has 0 radical (unpaired) electrons. The summed E-state index contributed by atoms with van der Waals surface area (Å²) >= 11 is 0. The SMILES string of the molecule is CC1=CN(c2ccccc2)C(=O)C1C(=O)COC1COc2ccccc2OCCOCCOCCOc2ccccc2OC1. The van der Waals surface area contributed by atoms with Crippen LogP contribution in [-0.2, 0) is 23.8 Å². The molecular formula is C34H37NO9. The van der Waals surface area contributed by atoms with Crippen LogP contribution in [0.4, 0.5) is 5.69 Å². The van der Waals surface area contributed by atoms with Gasteiger partial charge in [0.25, 0.3) is 0 Å². The minimum atomic E-state index is -0.923. The van der Waals surface area contributed by atoms with E-state index in [0.717, 1.165) is 0 Å². The van der Waals surface area contributed by atoms with Crippen LogP contribution in [0.1, 0.15) is 6.92 Å². The number of rotatable bonds is 5. The molecule has 0 N–H and O–H groups in total. The molecule has 0 bridgehead atoms. The summed E-state index contributed by atoms with van der Waals surface area (Å²) in [6, 6.07) is 23.8. The molecular weight excluding hydrogens is 566 g/mol. The molecule has 1 amide bonds. The van der Waals surface area contributed by atoms with E-state index in [2.05, 4.69) is 0 Å². The van der Waals surface area contributed by atoms with Crippen LogP contribution in [-0.4, -0.2) is 77.3 Å². The van der Waals surface area contributed by atoms with Gasteiger partial charge in [0.15, 0.2) is 28.8 Å². The van der Waals surface area contributed by atoms with E-state index in [1.165, 1.54) is 4.90 Å². The van der Waals surface area contributed by atoms with Gasteiger partial charge in [0.1, 0.15) is 45.1 Å². The molecule has 232 valence electrons. The monoisotopic (exact) mass is 603 g/mol. The number of nitrogens with zero attached hydrogens (tertiary/aromatic N) is 1. The first-order valence-electron chi connectivity index (χ1n) is 14.7. The summed E-state index contributed by atoms with van der Waals surface area (Å²) < 4.78 is 41.2. The highest BCUT2D eigenvalue weighted by Crippen LogP contribution is 2.30. The molecule has 44 heavy (non-hydrogen) atoms. The first-order valence-corrected chi connectivity index (χ1v) is 14.7. The molecule has 2 heterocycles. The number of carbonyl (C=O) groups excluding carboxylic acids is 2. The van der Waals surface area contributed by atoms with Crippen molar-refractivity contribution in [3.63, 3.8) is 0 Å². The van der Waals surface area contributed by atoms with Crippen LogP contribution >= 0.6 is 0 Å². The van der Waals surface area contributed by atoms with Gasteiger partial charge in [-0.15, -0.1) is 0 Å². The summed E-state index contributed by atoms with van der Waals surface area (Å²) in [6.07, 6.45) is 1.04. The molecule has 0 fully saturated rings. The van der Waals surface area contributed by atoms with Crippen molar-refractivity contribution in [1.29, 1.82) is 0 Å². The molecule has 1 unspecified atom stereocenters. The van der Waals surface area contributed by atoms with E-state index in [0.29, 0.717) is 73.9 Å². The fourth-order valence-electron chi connectivity index (χ4n) is 4.77. The van der Waals surface area contributed by atoms with E-state index in [9.17, 15) is 9.59 Å². The second-order valence-electron chi connectivity index (χ2n) is 10.2. The van der Waals surface area contributed by atoms with Gasteiger partial charge in [-0.2, -0.15) is 0 Å². The molecule has 0 spiro atoms. The van der Waals surface area contributed by atoms with Gasteiger partial charge in [-0.05, 0) is 48.9 Å². The Kier molecular flexibility index (Phi) is 11.2. The second kappa shape index (κ2) is 15.9. The Morgan fingerprint density at radius 1 is 0.705 bits per heavy atom. The number of amides is 1. The van der Waals surface area contributed by atoms with Gasteiger partial charge in [0.05, 0.1) is 26.4 Å². The molecule has 0 saturated heterocycles. The van der Waals surface area contributed by atoms with Crippen LogP contribution < -0.4 is 23.8 Å². The van der Waals surface area contributed by atoms with Gasteiger partial charge < -0.3 is 33.2 Å². The number of hydrogen-bond donors (Lipinski definition) is 0. The Bertz CT molecular complexity index is 1350. The van der Waals surface area contributed by atoms with Crippen LogP contribution in [0.25, 0.3) is 0 Å². The van der Waals surface area contributed by atoms with E-state index in [1.807, 2.05) is 66.7 Å². The van der Waals surface area contributed by atoms with Crippen molar-refractivity contribution < 1.29 is 42.7 Å². The Balaban J connectivity index is 1.28. The zero-order chi connectivity index (χ0) is 30.6. The highest BCUT2D eigenvalue weighted by Gasteiger charge is 2.37. The third kappa shape index (κ3) is 8.37. The van der Waals surface area contributed by atoms with Crippen LogP contribution in [0.15, 0.2) is 90.6 Å². The van der Waals surface area contributed by atoms with E-state index < -0.39 is 12.0 Å². The number of ketones is 1. The predicted octanol–water partition coefficient (Wildman–Crippen LogP) is 4.47. The molecule has 0 saturated carbocycles. The number of benzene rings is 3. The Hall–Kier alpha value is -4.38. The second-order valence-corrected chi connectivity index (χ2v) is 10.2. The van der Waals surface area contributed by atoms with E-state index in [1.54, 1.807) is 25.3 Å². The molecule has 0 aromatic heterocycles. The van der Waals surface area contributed by atoms with Gasteiger partial charge in [0.2, 0.25) is 5.91 Å². The average Bonchev–Trinajstić information content (AvgIpc) is 3.35. The van der Waals surface area contributed by atoms with Crippen LogP contribution in [0.3, 0.4) is 0 Å². The third-order valence-electron chi connectivity index (χ3n) is 6.98. The van der Waals surface area contributed by atoms with Gasteiger partial charge in [0, 0.05) is 11.9 Å². The molecule has 10 nitrogen and oxygen atoms in total. The van der Waals surface area contributed by atoms with Crippen molar-refractivity contribution in [3.8, 4) is 23.0 Å². The van der Waals surface area contributed by atoms with E-state index in [-0.39, 0.29) is 31.5 Å². The molecule has 1 atom stereocenters. The van der Waals surface area contributed by atoms with E-state index in [4.69, 9.17) is 33.2 Å². The summed E-state index contributed by atoms with van der Waals surface area (Å²) in [6.45, 7) is 3.91. The van der Waals surface area contributed by atoms with Gasteiger partial charge in [-0.25, -0.2) is 0 Å². The van der Waals surface area contributed by atoms with Gasteiger partial charge in [-0.3, -0.25) is 14.5 Å². The maximum atomic E-state index is 13.3. The number of fused-ring (bicyclic) bond motifs is 2. The van der Waals surface area contributed by atoms with Crippen molar-refractivity contribution >= 4 is 17.4 Å². The normalized spacial score (nSPS) is 18.9. The molecule has 5 rings (SSSR count). The van der Waals surface area contributed by atoms with Crippen LogP contribution in [0.2, 0.25) is 0 Å². The first-order chi connectivity index (χ1) is 21.6. The summed E-state index contributed by atoms with van der Waals surface area (Å²) in [5, 5.41) is 0. The largest absolute Gasteiger partial charge is 0.487 e. The quantitative estimate of drug-likeness (QED) is 0.391. The maximum Gasteiger partial charge on any atom is 0.245 e. The Morgan fingerprint density at radius 3 is 1.73 bits per heavy atom. The summed E-state index contributed by atoms with van der Waals surface area (Å²) in [5.74, 6) is 0.566. The number of hydrogen-bond acceptors (Lipinski definition) is 9. The molecule has 2 aliphatic rings. The lowest BCUT2D eigenvalue weighted by Gasteiger charge is -2.22. The highest BCUT2D eigenvalue weighted by atomic mass is 16.6. The van der Waals surface area contributed by atoms with E-state index >= 15 is 0 Å². The smallest absolute Gasteiger partial charge is 0.245 e. The van der Waals surface area contributed by atoms with Crippen LogP contribution in [0, 0.1) is 5.92 Å². The van der Waals surface area contributed by atoms with Gasteiger partial charge in [-0.1, -0.05) is 42.5 Å². The molecule has 3 aromatic carbocycles. The fraction of sp³-hybridized carbons (Fsp3) is 0.353. The highest BCUT2D eigenvalue weighted by molar-refractivity contribution is 6.14. The lowest BCUT2D eigenvalue weighted by molar-refractivity contribution is -0.135. The zero-order valence-corrected chi connectivity index (χ0v) is 24.7. The molecule has 10 heteroatoms. The van der Waals surface area contributed by atoms with Crippen molar-refractivity contribution in [2.45, 2.75) is 13.0 Å². The number of ether oxygens (including phenoxy) is 7. The topological polar surface area (TPSA) is 102 Å². The van der Waals surface area contributed by atoms with Gasteiger partial charge >= 0.3 is 0 Å². The maximum absolute atomic E-state index is 13.3. The molecule has 3 aromatic rings. The molecule has 0 aliphatic carbocycles. The fourth-order valence-corrected chi connectivity index (χ4v) is 4.77. The average molecular weight is 604 g/mol. The number of carbonyl (C=O) groups is 2. The number of para-hydroxylation sites is 5. The summed E-state index contributed by atoms with van der Waals surface area (Å²) in [5.41, 5.74) is 1.36. The standard InChI is InChI=1S/C34H37NO9/c1-25-21-35(26-9-3-2-4-10-26)34(37)33(25)28(36)24-42-27-22-43-31-13-7-5-11-29(31)40-19-17-38-15-16-39-18-20-41-30-12-6-8-14-32(30)44-23-27/h2-14,21,27,33H,15-20,22-24H2,1H3.